The molecule has 2 aliphatic heterocycles. The van der Waals surface area contributed by atoms with Gasteiger partial charge in [-0.2, -0.15) is 0 Å². The number of carbonyl (C=O) groups excluding carboxylic acids is 3. The first kappa shape index (κ1) is 27.9. The number of carboxylic acids is 1. The Kier molecular flexibility index (Phi) is 7.92. The maximum Gasteiger partial charge on any atom is 0.336 e. The summed E-state index contributed by atoms with van der Waals surface area (Å²) in [6, 6.07) is 8.78. The third kappa shape index (κ3) is 5.67. The third-order valence-corrected chi connectivity index (χ3v) is 6.42. The lowest BCUT2D eigenvalue weighted by molar-refractivity contribution is -0.137. The van der Waals surface area contributed by atoms with Crippen LogP contribution in [0.15, 0.2) is 87.6 Å². The van der Waals surface area contributed by atoms with Crippen molar-refractivity contribution in [3.63, 3.8) is 0 Å². The van der Waals surface area contributed by atoms with Gasteiger partial charge < -0.3 is 24.7 Å². The molecule has 2 heterocycles. The van der Waals surface area contributed by atoms with Crippen LogP contribution >= 0.6 is 0 Å². The molecule has 5 rings (SSSR count). The van der Waals surface area contributed by atoms with Gasteiger partial charge in [-0.3, -0.25) is 19.3 Å². The summed E-state index contributed by atoms with van der Waals surface area (Å²) in [6.07, 6.45) is 9.50. The smallest absolute Gasteiger partial charge is 0.336 e. The minimum absolute atomic E-state index is 0.0000926. The number of imide groups is 1. The molecule has 40 heavy (non-hydrogen) atoms. The number of fused-ring (bicyclic) bond motifs is 2. The number of aromatic hydroxyl groups is 1. The molecule has 0 bridgehead atoms. The van der Waals surface area contributed by atoms with Gasteiger partial charge in [0.05, 0.1) is 11.0 Å². The Bertz CT molecular complexity index is 1660. The summed E-state index contributed by atoms with van der Waals surface area (Å²) >= 11 is 0. The number of nitrogens with one attached hydrogen (secondary N) is 1. The number of aldehydes is 1. The molecule has 3 N–H and O–H groups in total. The van der Waals surface area contributed by atoms with Gasteiger partial charge in [0.1, 0.15) is 23.4 Å². The number of amides is 2. The van der Waals surface area contributed by atoms with Gasteiger partial charge in [0, 0.05) is 53.9 Å². The number of allylic oxidation sites excluding steroid dienone is 4. The maximum absolute atomic E-state index is 12.0. The van der Waals surface area contributed by atoms with Crippen molar-refractivity contribution in [2.24, 2.45) is 5.41 Å². The number of aliphatic carboxylic acids is 1. The van der Waals surface area contributed by atoms with Crippen molar-refractivity contribution in [1.29, 1.82) is 0 Å². The van der Waals surface area contributed by atoms with Gasteiger partial charge in [-0.1, -0.05) is 18.2 Å². The quantitative estimate of drug-likeness (QED) is 0.242. The van der Waals surface area contributed by atoms with Crippen LogP contribution in [0.1, 0.15) is 12.5 Å². The second kappa shape index (κ2) is 11.3. The first-order valence-corrected chi connectivity index (χ1v) is 12.3. The molecule has 0 saturated carbocycles. The molecular weight excluding hydrogens is 516 g/mol. The van der Waals surface area contributed by atoms with Crippen molar-refractivity contribution in [3.05, 3.63) is 94.2 Å². The monoisotopic (exact) mass is 542 g/mol. The first-order valence-electron chi connectivity index (χ1n) is 12.3. The van der Waals surface area contributed by atoms with Crippen molar-refractivity contribution in [2.45, 2.75) is 6.92 Å². The molecular formula is C30H26N2O8. The molecule has 0 aromatic heterocycles. The lowest BCUT2D eigenvalue weighted by atomic mass is 9.89. The molecule has 10 nitrogen and oxygen atoms in total. The summed E-state index contributed by atoms with van der Waals surface area (Å²) in [7, 11) is 1.78. The van der Waals surface area contributed by atoms with E-state index in [4.69, 9.17) is 4.42 Å². The van der Waals surface area contributed by atoms with Crippen LogP contribution in [-0.2, 0) is 19.2 Å². The predicted molar refractivity (Wildman–Crippen MR) is 148 cm³/mol. The van der Waals surface area contributed by atoms with E-state index in [9.17, 15) is 34.2 Å². The first-order chi connectivity index (χ1) is 19.1. The summed E-state index contributed by atoms with van der Waals surface area (Å²) in [4.78, 5) is 58.3. The predicted octanol–water partition coefficient (Wildman–Crippen LogP) is 2.90. The highest BCUT2D eigenvalue weighted by Crippen LogP contribution is 2.41. The Labute approximate surface area is 228 Å². The number of hydrogen-bond donors (Lipinski definition) is 3. The van der Waals surface area contributed by atoms with E-state index in [2.05, 4.69) is 5.32 Å². The molecule has 0 radical (unpaired) electrons. The summed E-state index contributed by atoms with van der Waals surface area (Å²) < 4.78 is 5.80. The van der Waals surface area contributed by atoms with E-state index in [0.717, 1.165) is 6.29 Å². The van der Waals surface area contributed by atoms with E-state index in [1.54, 1.807) is 38.3 Å². The van der Waals surface area contributed by atoms with Crippen molar-refractivity contribution < 1.29 is 33.8 Å². The van der Waals surface area contributed by atoms with E-state index < -0.39 is 11.4 Å². The minimum atomic E-state index is -1.16. The van der Waals surface area contributed by atoms with Gasteiger partial charge in [-0.25, -0.2) is 4.79 Å². The summed E-state index contributed by atoms with van der Waals surface area (Å²) in [5, 5.41) is 23.1. The second-order valence-electron chi connectivity index (χ2n) is 9.36. The topological polar surface area (TPSA) is 154 Å². The number of phenols is 1. The van der Waals surface area contributed by atoms with E-state index in [0.29, 0.717) is 40.8 Å². The highest BCUT2D eigenvalue weighted by atomic mass is 16.4. The van der Waals surface area contributed by atoms with Gasteiger partial charge in [0.2, 0.25) is 0 Å². The number of likely N-dealkylation sites (N-methyl/N-ethyl adjacent to an activating group) is 1. The summed E-state index contributed by atoms with van der Waals surface area (Å²) in [5.74, 6) is -1.35. The molecule has 0 spiro atoms. The summed E-state index contributed by atoms with van der Waals surface area (Å²) in [5.41, 5.74) is 0.542. The highest BCUT2D eigenvalue weighted by Gasteiger charge is 2.26. The van der Waals surface area contributed by atoms with Crippen LogP contribution < -0.4 is 10.7 Å². The largest absolute Gasteiger partial charge is 0.508 e. The number of nitrogens with zero attached hydrogens (tertiary/aromatic N) is 1. The second-order valence-corrected chi connectivity index (χ2v) is 9.36. The normalized spacial score (nSPS) is 18.3. The highest BCUT2D eigenvalue weighted by molar-refractivity contribution is 6.13. The number of carboxylic acid groups (broad SMARTS) is 1. The van der Waals surface area contributed by atoms with E-state index in [1.165, 1.54) is 53.5 Å². The SMILES string of the molecule is CC1(C=O)C=CC(C(=O)O)=C(c2c3ccc(=O)cc-3oc3cc(O)ccc23)C=C1.CNCCN1C(=O)C=CC1=O. The van der Waals surface area contributed by atoms with E-state index in [-0.39, 0.29) is 34.3 Å². The molecule has 1 atom stereocenters. The fourth-order valence-electron chi connectivity index (χ4n) is 4.27. The number of rotatable bonds is 6. The minimum Gasteiger partial charge on any atom is -0.508 e. The molecule has 10 heteroatoms. The summed E-state index contributed by atoms with van der Waals surface area (Å²) in [6.45, 7) is 2.76. The molecule has 1 aromatic carbocycles. The van der Waals surface area contributed by atoms with Crippen molar-refractivity contribution in [2.75, 3.05) is 20.1 Å². The third-order valence-electron chi connectivity index (χ3n) is 6.42. The molecule has 2 amide bonds. The zero-order valence-corrected chi connectivity index (χ0v) is 21.7. The Morgan fingerprint density at radius 3 is 2.38 bits per heavy atom. The zero-order valence-electron chi connectivity index (χ0n) is 21.7. The molecule has 1 aromatic rings. The van der Waals surface area contributed by atoms with Crippen LogP contribution in [0, 0.1) is 5.41 Å². The van der Waals surface area contributed by atoms with Gasteiger partial charge in [0.25, 0.3) is 11.8 Å². The van der Waals surface area contributed by atoms with Crippen molar-refractivity contribution in [3.8, 4) is 17.1 Å². The lowest BCUT2D eigenvalue weighted by Crippen LogP contribution is -2.35. The average molecular weight is 543 g/mol. The van der Waals surface area contributed by atoms with Gasteiger partial charge in [-0.15, -0.1) is 0 Å². The molecule has 0 saturated heterocycles. The van der Waals surface area contributed by atoms with Crippen LogP contribution in [-0.4, -0.2) is 59.3 Å². The lowest BCUT2D eigenvalue weighted by Gasteiger charge is -2.17. The Morgan fingerprint density at radius 2 is 1.73 bits per heavy atom. The van der Waals surface area contributed by atoms with Gasteiger partial charge in [-0.05, 0) is 49.9 Å². The number of phenolic OH excluding ortho intramolecular Hbond substituents is 1. The van der Waals surface area contributed by atoms with E-state index in [1.807, 2.05) is 0 Å². The van der Waals surface area contributed by atoms with Gasteiger partial charge >= 0.3 is 5.97 Å². The standard InChI is InChI=1S/C23H16O6.C7H10N2O2/c1-23(12-24)8-6-15(16(7-9-23)22(27)28)21-17-4-2-13(25)10-19(17)29-20-11-14(26)3-5-18(20)21;1-8-4-5-9-6(10)2-3-7(9)11/h2-12,25H,1H3,(H,27,28);2-3,8H,4-5H2,1H3. The molecule has 1 unspecified atom stereocenters. The molecule has 0 fully saturated rings. The van der Waals surface area contributed by atoms with Crippen molar-refractivity contribution >= 4 is 40.6 Å². The van der Waals surface area contributed by atoms with Crippen LogP contribution in [0.5, 0.6) is 5.75 Å². The van der Waals surface area contributed by atoms with Crippen LogP contribution in [0.2, 0.25) is 0 Å². The number of hydrogen-bond acceptors (Lipinski definition) is 8. The molecule has 4 aliphatic rings. The maximum atomic E-state index is 12.0. The fraction of sp³-hybridized carbons (Fsp3) is 0.167. The van der Waals surface area contributed by atoms with Crippen LogP contribution in [0.4, 0.5) is 0 Å². The van der Waals surface area contributed by atoms with Gasteiger partial charge in [0.15, 0.2) is 5.43 Å². The molecule has 204 valence electrons. The average Bonchev–Trinajstić information content (AvgIpc) is 3.13. The Balaban J connectivity index is 0.000000283. The van der Waals surface area contributed by atoms with Crippen LogP contribution in [0.3, 0.4) is 0 Å². The van der Waals surface area contributed by atoms with Crippen LogP contribution in [0.25, 0.3) is 27.9 Å². The molecule has 2 aliphatic carbocycles. The van der Waals surface area contributed by atoms with E-state index >= 15 is 0 Å². The number of benzene rings is 2. The van der Waals surface area contributed by atoms with Crippen molar-refractivity contribution in [1.82, 2.24) is 10.2 Å². The number of carbonyl (C=O) groups is 4. The zero-order chi connectivity index (χ0) is 29.0. The Morgan fingerprint density at radius 1 is 1.02 bits per heavy atom. The fourth-order valence-corrected chi connectivity index (χ4v) is 4.27. The Hall–Kier alpha value is -5.09.